The summed E-state index contributed by atoms with van der Waals surface area (Å²) in [7, 11) is 0. The van der Waals surface area contributed by atoms with Crippen LogP contribution in [0.1, 0.15) is 26.3 Å². The van der Waals surface area contributed by atoms with Crippen molar-refractivity contribution < 1.29 is 19.4 Å². The summed E-state index contributed by atoms with van der Waals surface area (Å²) in [6, 6.07) is 10.6. The minimum absolute atomic E-state index is 0.316. The Labute approximate surface area is 85.4 Å². The van der Waals surface area contributed by atoms with Crippen molar-refractivity contribution >= 4 is 3.90 Å². The van der Waals surface area contributed by atoms with Crippen LogP contribution in [0.5, 0.6) is 0 Å². The van der Waals surface area contributed by atoms with Gasteiger partial charge < -0.3 is 0 Å². The molecule has 12 heavy (non-hydrogen) atoms. The van der Waals surface area contributed by atoms with Gasteiger partial charge in [-0.3, -0.25) is 0 Å². The molecule has 0 radical (unpaired) electrons. The van der Waals surface area contributed by atoms with Crippen molar-refractivity contribution in [3.05, 3.63) is 35.9 Å². The first-order valence-corrected chi connectivity index (χ1v) is 5.58. The zero-order valence-corrected chi connectivity index (χ0v) is 10.7. The average Bonchev–Trinajstić information content (AvgIpc) is 2.03. The SMILES string of the molecule is CC(C)(C)[C](=[W])c1ccccc1. The third-order valence-corrected chi connectivity index (χ3v) is 4.76. The predicted molar refractivity (Wildman–Crippen MR) is 50.0 cm³/mol. The normalized spacial score (nSPS) is 11.2. The number of hydrogen-bond donors (Lipinski definition) is 0. The van der Waals surface area contributed by atoms with Gasteiger partial charge in [0.2, 0.25) is 0 Å². The van der Waals surface area contributed by atoms with E-state index in [9.17, 15) is 0 Å². The van der Waals surface area contributed by atoms with Gasteiger partial charge >= 0.3 is 85.3 Å². The molecular formula is C11H14W. The Kier molecular flexibility index (Phi) is 3.01. The van der Waals surface area contributed by atoms with Gasteiger partial charge in [-0.15, -0.1) is 0 Å². The van der Waals surface area contributed by atoms with Crippen LogP contribution >= 0.6 is 0 Å². The van der Waals surface area contributed by atoms with E-state index in [0.29, 0.717) is 5.41 Å². The second-order valence-corrected chi connectivity index (χ2v) is 5.41. The van der Waals surface area contributed by atoms with Crippen molar-refractivity contribution in [2.24, 2.45) is 5.41 Å². The maximum atomic E-state index is 2.27. The van der Waals surface area contributed by atoms with E-state index in [1.165, 1.54) is 9.46 Å². The molecule has 1 aromatic rings. The van der Waals surface area contributed by atoms with E-state index in [-0.39, 0.29) is 0 Å². The zero-order valence-electron chi connectivity index (χ0n) is 7.79. The van der Waals surface area contributed by atoms with Crippen molar-refractivity contribution in [1.29, 1.82) is 0 Å². The van der Waals surface area contributed by atoms with Gasteiger partial charge in [0.1, 0.15) is 0 Å². The molecule has 0 saturated heterocycles. The van der Waals surface area contributed by atoms with Gasteiger partial charge in [0, 0.05) is 0 Å². The number of benzene rings is 1. The molecule has 0 aliphatic heterocycles. The van der Waals surface area contributed by atoms with Crippen molar-refractivity contribution in [1.82, 2.24) is 0 Å². The summed E-state index contributed by atoms with van der Waals surface area (Å²) in [5.74, 6) is 0. The Bertz CT molecular complexity index is 267. The van der Waals surface area contributed by atoms with Crippen LogP contribution in [-0.2, 0) is 19.4 Å². The molecule has 0 saturated carbocycles. The maximum absolute atomic E-state index is 2.27. The molecule has 1 aromatic carbocycles. The van der Waals surface area contributed by atoms with E-state index >= 15 is 0 Å². The standard InChI is InChI=1S/C11H14.W/c1-11(2,3)9-10-7-5-4-6-8-10;/h4-8H,1-3H3;. The molecule has 0 amide bonds. The molecule has 0 fully saturated rings. The van der Waals surface area contributed by atoms with Gasteiger partial charge in [-0.2, -0.15) is 0 Å². The molecule has 64 valence electrons. The average molecular weight is 330 g/mol. The zero-order chi connectivity index (χ0) is 9.19. The Balaban J connectivity index is 2.94. The molecule has 0 N–H and O–H groups in total. The molecule has 1 rings (SSSR count). The van der Waals surface area contributed by atoms with Crippen LogP contribution in [0.15, 0.2) is 30.3 Å². The quantitative estimate of drug-likeness (QED) is 0.743. The molecule has 0 spiro atoms. The van der Waals surface area contributed by atoms with Crippen LogP contribution in [0.3, 0.4) is 0 Å². The van der Waals surface area contributed by atoms with Gasteiger partial charge in [0.05, 0.1) is 0 Å². The topological polar surface area (TPSA) is 0 Å². The Morgan fingerprint density at radius 2 is 1.58 bits per heavy atom. The predicted octanol–water partition coefficient (Wildman–Crippen LogP) is 2.80. The minimum atomic E-state index is 0.316. The van der Waals surface area contributed by atoms with Crippen molar-refractivity contribution in [3.63, 3.8) is 0 Å². The van der Waals surface area contributed by atoms with E-state index in [1.807, 2.05) is 0 Å². The van der Waals surface area contributed by atoms with Crippen molar-refractivity contribution in [2.75, 3.05) is 0 Å². The van der Waals surface area contributed by atoms with Crippen LogP contribution in [0.2, 0.25) is 0 Å². The molecule has 0 atom stereocenters. The summed E-state index contributed by atoms with van der Waals surface area (Å²) in [4.78, 5) is 0. The summed E-state index contributed by atoms with van der Waals surface area (Å²) in [6.45, 7) is 6.80. The van der Waals surface area contributed by atoms with E-state index in [2.05, 4.69) is 51.1 Å². The van der Waals surface area contributed by atoms with Gasteiger partial charge in [-0.1, -0.05) is 0 Å². The van der Waals surface area contributed by atoms with E-state index in [4.69, 9.17) is 0 Å². The molecule has 1 heteroatoms. The molecule has 0 aliphatic rings. The third-order valence-electron chi connectivity index (χ3n) is 1.72. The molecular weight excluding hydrogens is 316 g/mol. The molecule has 0 aliphatic carbocycles. The van der Waals surface area contributed by atoms with E-state index < -0.39 is 0 Å². The summed E-state index contributed by atoms with van der Waals surface area (Å²) in [5, 5.41) is 0. The van der Waals surface area contributed by atoms with Crippen LogP contribution in [0.4, 0.5) is 0 Å². The number of rotatable bonds is 1. The fourth-order valence-electron chi connectivity index (χ4n) is 1.02. The van der Waals surface area contributed by atoms with Gasteiger partial charge in [-0.05, 0) is 0 Å². The molecule has 0 unspecified atom stereocenters. The fraction of sp³-hybridized carbons (Fsp3) is 0.364. The summed E-state index contributed by atoms with van der Waals surface area (Å²) < 4.78 is 1.53. The summed E-state index contributed by atoms with van der Waals surface area (Å²) in [6.07, 6.45) is 0. The first kappa shape index (κ1) is 9.86. The second-order valence-electron chi connectivity index (χ2n) is 3.95. The van der Waals surface area contributed by atoms with Gasteiger partial charge in [0.15, 0.2) is 0 Å². The summed E-state index contributed by atoms with van der Waals surface area (Å²) >= 11 is 1.57. The van der Waals surface area contributed by atoms with Crippen LogP contribution < -0.4 is 0 Å². The molecule has 0 nitrogen and oxygen atoms in total. The van der Waals surface area contributed by atoms with Crippen LogP contribution in [0.25, 0.3) is 0 Å². The molecule has 0 heterocycles. The third kappa shape index (κ3) is 2.38. The fourth-order valence-corrected chi connectivity index (χ4v) is 1.51. The van der Waals surface area contributed by atoms with Gasteiger partial charge in [-0.25, -0.2) is 0 Å². The van der Waals surface area contributed by atoms with Gasteiger partial charge in [0.25, 0.3) is 0 Å². The molecule has 0 bridgehead atoms. The second kappa shape index (κ2) is 3.66. The van der Waals surface area contributed by atoms with Crippen molar-refractivity contribution in [2.45, 2.75) is 20.8 Å². The summed E-state index contributed by atoms with van der Waals surface area (Å²) in [5.41, 5.74) is 1.71. The van der Waals surface area contributed by atoms with Crippen LogP contribution in [-0.4, -0.2) is 3.90 Å². The van der Waals surface area contributed by atoms with Crippen molar-refractivity contribution in [3.8, 4) is 0 Å². The first-order valence-electron chi connectivity index (χ1n) is 4.11. The molecule has 0 aromatic heterocycles. The van der Waals surface area contributed by atoms with E-state index in [1.54, 1.807) is 19.4 Å². The first-order chi connectivity index (χ1) is 5.52. The Morgan fingerprint density at radius 1 is 1.08 bits per heavy atom. The van der Waals surface area contributed by atoms with Crippen LogP contribution in [0, 0.1) is 5.41 Å². The van der Waals surface area contributed by atoms with E-state index in [0.717, 1.165) is 0 Å². The monoisotopic (exact) mass is 330 g/mol. The number of hydrogen-bond acceptors (Lipinski definition) is 0. The Hall–Kier alpha value is -0.222. The Morgan fingerprint density at radius 3 is 2.00 bits per heavy atom.